The molecule has 0 bridgehead atoms. The third-order valence-corrected chi connectivity index (χ3v) is 4.04. The van der Waals surface area contributed by atoms with E-state index in [4.69, 9.17) is 4.52 Å². The molecule has 0 aliphatic rings. The summed E-state index contributed by atoms with van der Waals surface area (Å²) in [4.78, 5) is 6.38. The van der Waals surface area contributed by atoms with Crippen LogP contribution in [0.3, 0.4) is 0 Å². The minimum absolute atomic E-state index is 0. The molecule has 3 rings (SSSR count). The van der Waals surface area contributed by atoms with E-state index >= 15 is 0 Å². The molecular weight excluding hydrogens is 455 g/mol. The van der Waals surface area contributed by atoms with Crippen molar-refractivity contribution in [2.24, 2.45) is 4.99 Å². The lowest BCUT2D eigenvalue weighted by Gasteiger charge is -2.20. The van der Waals surface area contributed by atoms with Crippen molar-refractivity contribution in [2.75, 3.05) is 14.1 Å². The summed E-state index contributed by atoms with van der Waals surface area (Å²) in [6, 6.07) is 12.0. The average molecular weight is 480 g/mol. The fraction of sp³-hybridized carbons (Fsp3) is 0.316. The Hall–Kier alpha value is -2.36. The lowest BCUT2D eigenvalue weighted by Crippen LogP contribution is -2.37. The van der Waals surface area contributed by atoms with Gasteiger partial charge in [-0.25, -0.2) is 4.68 Å². The highest BCUT2D eigenvalue weighted by Gasteiger charge is 2.10. The van der Waals surface area contributed by atoms with Crippen LogP contribution in [0.4, 0.5) is 0 Å². The predicted octanol–water partition coefficient (Wildman–Crippen LogP) is 3.25. The molecule has 2 aromatic heterocycles. The van der Waals surface area contributed by atoms with Crippen molar-refractivity contribution in [2.45, 2.75) is 26.4 Å². The van der Waals surface area contributed by atoms with E-state index in [0.29, 0.717) is 13.1 Å². The molecule has 2 heterocycles. The first kappa shape index (κ1) is 20.9. The molecule has 0 fully saturated rings. The summed E-state index contributed by atoms with van der Waals surface area (Å²) in [5.74, 6) is 1.58. The number of aliphatic imine (C=N–C) groups is 1. The molecule has 0 amide bonds. The van der Waals surface area contributed by atoms with E-state index < -0.39 is 0 Å². The highest BCUT2D eigenvalue weighted by Crippen LogP contribution is 2.09. The summed E-state index contributed by atoms with van der Waals surface area (Å²) >= 11 is 0. The molecule has 1 aromatic carbocycles. The van der Waals surface area contributed by atoms with Gasteiger partial charge in [-0.2, -0.15) is 5.10 Å². The number of nitrogens with zero attached hydrogens (tertiary/aromatic N) is 5. The molecule has 0 aliphatic heterocycles. The Kier molecular flexibility index (Phi) is 7.83. The van der Waals surface area contributed by atoms with Crippen LogP contribution >= 0.6 is 24.0 Å². The van der Waals surface area contributed by atoms with Crippen LogP contribution < -0.4 is 5.32 Å². The minimum atomic E-state index is 0. The molecule has 8 heteroatoms. The van der Waals surface area contributed by atoms with Crippen LogP contribution in [0.25, 0.3) is 5.69 Å². The van der Waals surface area contributed by atoms with Crippen LogP contribution in [-0.2, 0) is 19.5 Å². The Labute approximate surface area is 176 Å². The van der Waals surface area contributed by atoms with Crippen molar-refractivity contribution in [1.82, 2.24) is 25.2 Å². The van der Waals surface area contributed by atoms with Crippen molar-refractivity contribution < 1.29 is 4.52 Å². The largest absolute Gasteiger partial charge is 0.359 e. The topological polar surface area (TPSA) is 71.5 Å². The number of benzene rings is 1. The number of hydrogen-bond acceptors (Lipinski definition) is 4. The Morgan fingerprint density at radius 3 is 2.74 bits per heavy atom. The number of halogens is 1. The monoisotopic (exact) mass is 480 g/mol. The molecule has 0 radical (unpaired) electrons. The maximum atomic E-state index is 5.30. The first-order valence-electron chi connectivity index (χ1n) is 8.64. The van der Waals surface area contributed by atoms with Crippen LogP contribution in [0.2, 0.25) is 0 Å². The second kappa shape index (κ2) is 10.1. The van der Waals surface area contributed by atoms with Gasteiger partial charge in [0.2, 0.25) is 0 Å². The highest BCUT2D eigenvalue weighted by atomic mass is 127. The number of aromatic nitrogens is 3. The molecule has 27 heavy (non-hydrogen) atoms. The van der Waals surface area contributed by atoms with Gasteiger partial charge in [-0.15, -0.1) is 24.0 Å². The van der Waals surface area contributed by atoms with Crippen molar-refractivity contribution in [3.8, 4) is 5.69 Å². The Morgan fingerprint density at radius 2 is 2.07 bits per heavy atom. The predicted molar refractivity (Wildman–Crippen MR) is 117 cm³/mol. The van der Waals surface area contributed by atoms with Gasteiger partial charge in [-0.05, 0) is 18.6 Å². The SMILES string of the molecule is CCc1cc(CNC(=NC)N(C)Cc2cnn(-c3ccccc3)c2)on1.I. The molecule has 0 atom stereocenters. The molecule has 7 nitrogen and oxygen atoms in total. The number of para-hydroxylation sites is 1. The van der Waals surface area contributed by atoms with Gasteiger partial charge in [0.05, 0.1) is 24.1 Å². The van der Waals surface area contributed by atoms with Crippen molar-refractivity contribution in [1.29, 1.82) is 0 Å². The maximum Gasteiger partial charge on any atom is 0.194 e. The van der Waals surface area contributed by atoms with E-state index in [1.807, 2.05) is 65.4 Å². The number of guanidine groups is 1. The first-order chi connectivity index (χ1) is 12.7. The number of nitrogens with one attached hydrogen (secondary N) is 1. The van der Waals surface area contributed by atoms with Crippen molar-refractivity contribution >= 4 is 29.9 Å². The van der Waals surface area contributed by atoms with Crippen LogP contribution in [0.15, 0.2) is 58.3 Å². The molecule has 0 aliphatic carbocycles. The highest BCUT2D eigenvalue weighted by molar-refractivity contribution is 14.0. The summed E-state index contributed by atoms with van der Waals surface area (Å²) in [6.45, 7) is 3.30. The van der Waals surface area contributed by atoms with Crippen molar-refractivity contribution in [3.05, 3.63) is 65.8 Å². The molecule has 1 N–H and O–H groups in total. The second-order valence-electron chi connectivity index (χ2n) is 6.02. The number of hydrogen-bond donors (Lipinski definition) is 1. The quantitative estimate of drug-likeness (QED) is 0.333. The van der Waals surface area contributed by atoms with E-state index in [9.17, 15) is 0 Å². The van der Waals surface area contributed by atoms with Gasteiger partial charge in [0.15, 0.2) is 11.7 Å². The lowest BCUT2D eigenvalue weighted by atomic mass is 10.3. The van der Waals surface area contributed by atoms with Gasteiger partial charge < -0.3 is 14.7 Å². The Balaban J connectivity index is 0.00000261. The van der Waals surface area contributed by atoms with E-state index in [1.54, 1.807) is 7.05 Å². The van der Waals surface area contributed by atoms with Crippen LogP contribution in [0.1, 0.15) is 23.9 Å². The summed E-state index contributed by atoms with van der Waals surface area (Å²) in [5, 5.41) is 11.7. The maximum absolute atomic E-state index is 5.30. The Morgan fingerprint density at radius 1 is 1.30 bits per heavy atom. The second-order valence-corrected chi connectivity index (χ2v) is 6.02. The third kappa shape index (κ3) is 5.56. The number of rotatable bonds is 6. The first-order valence-corrected chi connectivity index (χ1v) is 8.64. The lowest BCUT2D eigenvalue weighted by molar-refractivity contribution is 0.371. The van der Waals surface area contributed by atoms with Crippen LogP contribution in [-0.4, -0.2) is 39.9 Å². The zero-order valence-electron chi connectivity index (χ0n) is 15.8. The normalized spacial score (nSPS) is 11.1. The fourth-order valence-corrected chi connectivity index (χ4v) is 2.67. The number of aryl methyl sites for hydroxylation is 1. The average Bonchev–Trinajstić information content (AvgIpc) is 3.32. The van der Waals surface area contributed by atoms with Gasteiger partial charge in [0.25, 0.3) is 0 Å². The molecule has 144 valence electrons. The third-order valence-electron chi connectivity index (χ3n) is 4.04. The van der Waals surface area contributed by atoms with Gasteiger partial charge >= 0.3 is 0 Å². The van der Waals surface area contributed by atoms with E-state index in [1.165, 1.54) is 0 Å². The van der Waals surface area contributed by atoms with Gasteiger partial charge in [-0.3, -0.25) is 4.99 Å². The summed E-state index contributed by atoms with van der Waals surface area (Å²) in [6.07, 6.45) is 4.77. The van der Waals surface area contributed by atoms with Crippen LogP contribution in [0, 0.1) is 0 Å². The smallest absolute Gasteiger partial charge is 0.194 e. The molecule has 0 unspecified atom stereocenters. The van der Waals surface area contributed by atoms with Crippen LogP contribution in [0.5, 0.6) is 0 Å². The summed E-state index contributed by atoms with van der Waals surface area (Å²) in [7, 11) is 3.76. The summed E-state index contributed by atoms with van der Waals surface area (Å²) < 4.78 is 7.18. The van der Waals surface area contributed by atoms with Gasteiger partial charge in [0, 0.05) is 38.5 Å². The minimum Gasteiger partial charge on any atom is -0.359 e. The molecule has 3 aromatic rings. The van der Waals surface area contributed by atoms with Gasteiger partial charge in [0.1, 0.15) is 0 Å². The molecule has 0 spiro atoms. The van der Waals surface area contributed by atoms with Crippen molar-refractivity contribution in [3.63, 3.8) is 0 Å². The zero-order chi connectivity index (χ0) is 18.4. The standard InChI is InChI=1S/C19H24N6O.HI/c1-4-16-10-18(26-23-16)12-21-19(20-2)24(3)13-15-11-22-25(14-15)17-8-6-5-7-9-17;/h5-11,14H,4,12-13H2,1-3H3,(H,20,21);1H. The molecule has 0 saturated carbocycles. The summed E-state index contributed by atoms with van der Waals surface area (Å²) in [5.41, 5.74) is 3.10. The van der Waals surface area contributed by atoms with E-state index in [-0.39, 0.29) is 24.0 Å². The Bertz CT molecular complexity index is 858. The zero-order valence-corrected chi connectivity index (χ0v) is 18.1. The molecular formula is C19H25IN6O. The van der Waals surface area contributed by atoms with E-state index in [2.05, 4.69) is 27.5 Å². The van der Waals surface area contributed by atoms with Gasteiger partial charge in [-0.1, -0.05) is 30.3 Å². The molecule has 0 saturated heterocycles. The fourth-order valence-electron chi connectivity index (χ4n) is 2.67. The van der Waals surface area contributed by atoms with E-state index in [0.717, 1.165) is 35.1 Å².